The number of hydrogen-bond donors (Lipinski definition) is 1. The van der Waals surface area contributed by atoms with Gasteiger partial charge in [0.2, 0.25) is 5.95 Å². The summed E-state index contributed by atoms with van der Waals surface area (Å²) in [6.07, 6.45) is 2.88. The third-order valence-corrected chi connectivity index (χ3v) is 4.65. The van der Waals surface area contributed by atoms with E-state index in [0.29, 0.717) is 12.3 Å². The van der Waals surface area contributed by atoms with E-state index in [1.54, 1.807) is 18.2 Å². The number of nitrogens with zero attached hydrogens (tertiary/aromatic N) is 6. The maximum Gasteiger partial charge on any atom is 0.404 e. The number of aromatic nitrogens is 5. The minimum Gasteiger partial charge on any atom is -0.454 e. The molecule has 11 nitrogen and oxygen atoms in total. The van der Waals surface area contributed by atoms with Crippen molar-refractivity contribution in [2.45, 2.75) is 13.1 Å². The van der Waals surface area contributed by atoms with Gasteiger partial charge in [-0.2, -0.15) is 4.68 Å². The fourth-order valence-electron chi connectivity index (χ4n) is 2.70. The number of carbonyl (C=O) groups is 1. The Morgan fingerprint density at radius 1 is 1.16 bits per heavy atom. The highest BCUT2D eigenvalue weighted by atomic mass is 79.9. The highest BCUT2D eigenvalue weighted by Gasteiger charge is 2.20. The number of furan rings is 1. The monoisotopic (exact) mass is 489 g/mol. The summed E-state index contributed by atoms with van der Waals surface area (Å²) >= 11 is 3.07. The number of nitrogens with one attached hydrogen (secondary N) is 1. The van der Waals surface area contributed by atoms with Crippen LogP contribution in [0.4, 0.5) is 16.2 Å². The predicted molar refractivity (Wildman–Crippen MR) is 108 cm³/mol. The molecule has 1 aromatic carbocycles. The molecule has 0 aliphatic carbocycles. The average molecular weight is 490 g/mol. The van der Waals surface area contributed by atoms with E-state index < -0.39 is 10.8 Å². The molecule has 0 aliphatic rings. The van der Waals surface area contributed by atoms with Gasteiger partial charge in [0.05, 0.1) is 17.8 Å². The summed E-state index contributed by atoms with van der Waals surface area (Å²) in [5, 5.41) is 21.4. The van der Waals surface area contributed by atoms with Gasteiger partial charge in [0.1, 0.15) is 28.9 Å². The highest BCUT2D eigenvalue weighted by molar-refractivity contribution is 9.10. The van der Waals surface area contributed by atoms with E-state index in [1.165, 1.54) is 40.1 Å². The molecular weight excluding hydrogens is 477 g/mol. The molecule has 4 aromatic rings. The quantitative estimate of drug-likeness (QED) is 0.311. The first-order chi connectivity index (χ1) is 14.9. The van der Waals surface area contributed by atoms with Crippen molar-refractivity contribution >= 4 is 33.6 Å². The zero-order chi connectivity index (χ0) is 22.0. The van der Waals surface area contributed by atoms with Crippen molar-refractivity contribution in [2.24, 2.45) is 0 Å². The topological polar surface area (TPSA) is 134 Å². The number of carbonyl (C=O) groups excluding carboxylic acids is 1. The normalized spacial score (nSPS) is 10.9. The summed E-state index contributed by atoms with van der Waals surface area (Å²) in [5.41, 5.74) is 0.824. The van der Waals surface area contributed by atoms with Crippen LogP contribution >= 0.6 is 15.9 Å². The van der Waals surface area contributed by atoms with Gasteiger partial charge in [-0.3, -0.25) is 10.1 Å². The second-order valence-corrected chi connectivity index (χ2v) is 7.22. The zero-order valence-electron chi connectivity index (χ0n) is 15.6. The summed E-state index contributed by atoms with van der Waals surface area (Å²) in [6.45, 7) is 0.462. The molecule has 0 unspecified atom stereocenters. The number of benzene rings is 1. The number of hydrogen-bond acceptors (Lipinski definition) is 7. The lowest BCUT2D eigenvalue weighted by Gasteiger charge is -2.01. The molecule has 0 saturated heterocycles. The molecule has 13 heteroatoms. The third-order valence-electron chi connectivity index (χ3n) is 4.10. The number of amides is 1. The van der Waals surface area contributed by atoms with E-state index in [0.717, 1.165) is 5.56 Å². The van der Waals surface area contributed by atoms with Crippen molar-refractivity contribution in [2.75, 3.05) is 5.32 Å². The van der Waals surface area contributed by atoms with Crippen LogP contribution in [0.2, 0.25) is 0 Å². The van der Waals surface area contributed by atoms with Gasteiger partial charge in [-0.05, 0) is 50.7 Å². The van der Waals surface area contributed by atoms with Gasteiger partial charge in [-0.1, -0.05) is 12.1 Å². The van der Waals surface area contributed by atoms with Gasteiger partial charge in [0, 0.05) is 0 Å². The molecule has 1 amide bonds. The molecular formula is C18H13BrFN7O4. The van der Waals surface area contributed by atoms with E-state index in [4.69, 9.17) is 4.42 Å². The Labute approximate surface area is 181 Å². The van der Waals surface area contributed by atoms with E-state index in [-0.39, 0.29) is 34.4 Å². The van der Waals surface area contributed by atoms with Gasteiger partial charge in [0.25, 0.3) is 5.91 Å². The van der Waals surface area contributed by atoms with Gasteiger partial charge in [-0.25, -0.2) is 14.1 Å². The largest absolute Gasteiger partial charge is 0.454 e. The molecule has 4 rings (SSSR count). The van der Waals surface area contributed by atoms with Crippen molar-refractivity contribution in [1.82, 2.24) is 24.5 Å². The molecule has 0 fully saturated rings. The first kappa shape index (κ1) is 20.4. The van der Waals surface area contributed by atoms with Crippen LogP contribution < -0.4 is 5.32 Å². The van der Waals surface area contributed by atoms with Crippen LogP contribution in [-0.4, -0.2) is 35.4 Å². The average Bonchev–Trinajstić information content (AvgIpc) is 3.45. The standard InChI is InChI=1S/C18H13BrFN7O4/c19-14-9-25(23-16(14)27(29)30)8-13-5-6-15(31-13)17(28)22-18-21-10-26(24-18)7-11-1-3-12(20)4-2-11/h1-6,9-10H,7-8H2,(H,22,24,28). The number of rotatable bonds is 7. The van der Waals surface area contributed by atoms with E-state index in [1.807, 2.05) is 0 Å². The fraction of sp³-hybridized carbons (Fsp3) is 0.111. The van der Waals surface area contributed by atoms with Crippen LogP contribution in [0.25, 0.3) is 0 Å². The van der Waals surface area contributed by atoms with Crippen LogP contribution in [0, 0.1) is 15.9 Å². The summed E-state index contributed by atoms with van der Waals surface area (Å²) in [5.74, 6) is -0.719. The molecule has 0 radical (unpaired) electrons. The van der Waals surface area contributed by atoms with Crippen molar-refractivity contribution in [3.8, 4) is 0 Å². The number of halogens is 2. The lowest BCUT2D eigenvalue weighted by molar-refractivity contribution is -0.390. The van der Waals surface area contributed by atoms with E-state index >= 15 is 0 Å². The Bertz CT molecular complexity index is 1250. The summed E-state index contributed by atoms with van der Waals surface area (Å²) < 4.78 is 21.5. The van der Waals surface area contributed by atoms with E-state index in [9.17, 15) is 19.3 Å². The molecule has 0 aliphatic heterocycles. The molecule has 158 valence electrons. The van der Waals surface area contributed by atoms with Crippen molar-refractivity contribution < 1.29 is 18.5 Å². The summed E-state index contributed by atoms with van der Waals surface area (Å²) in [7, 11) is 0. The first-order valence-corrected chi connectivity index (χ1v) is 9.58. The van der Waals surface area contributed by atoms with Crippen molar-refractivity contribution in [1.29, 1.82) is 0 Å². The molecule has 0 saturated carbocycles. The maximum atomic E-state index is 13.0. The number of nitro groups is 1. The Morgan fingerprint density at radius 2 is 1.94 bits per heavy atom. The van der Waals surface area contributed by atoms with Crippen LogP contribution in [-0.2, 0) is 13.1 Å². The van der Waals surface area contributed by atoms with Gasteiger partial charge in [-0.15, -0.1) is 5.10 Å². The first-order valence-electron chi connectivity index (χ1n) is 8.78. The van der Waals surface area contributed by atoms with Crippen molar-refractivity contribution in [3.05, 3.63) is 86.4 Å². The third kappa shape index (κ3) is 4.83. The Morgan fingerprint density at radius 3 is 2.65 bits per heavy atom. The second kappa shape index (κ2) is 8.47. The van der Waals surface area contributed by atoms with Crippen molar-refractivity contribution in [3.63, 3.8) is 0 Å². The summed E-state index contributed by atoms with van der Waals surface area (Å²) in [4.78, 5) is 26.7. The molecule has 3 heterocycles. The van der Waals surface area contributed by atoms with Crippen LogP contribution in [0.3, 0.4) is 0 Å². The van der Waals surface area contributed by atoms with Crippen LogP contribution in [0.5, 0.6) is 0 Å². The highest BCUT2D eigenvalue weighted by Crippen LogP contribution is 2.23. The SMILES string of the molecule is O=C(Nc1ncn(Cc2ccc(F)cc2)n1)c1ccc(Cn2cc(Br)c([N+](=O)[O-])n2)o1. The smallest absolute Gasteiger partial charge is 0.404 e. The fourth-order valence-corrected chi connectivity index (χ4v) is 3.16. The minimum atomic E-state index is -0.607. The summed E-state index contributed by atoms with van der Waals surface area (Å²) in [6, 6.07) is 9.00. The van der Waals surface area contributed by atoms with Gasteiger partial charge < -0.3 is 14.5 Å². The molecule has 0 atom stereocenters. The van der Waals surface area contributed by atoms with Crippen LogP contribution in [0.1, 0.15) is 21.9 Å². The second-order valence-electron chi connectivity index (χ2n) is 6.37. The molecule has 3 aromatic heterocycles. The number of anilines is 1. The lowest BCUT2D eigenvalue weighted by atomic mass is 10.2. The van der Waals surface area contributed by atoms with Gasteiger partial charge in [0.15, 0.2) is 5.76 Å². The van der Waals surface area contributed by atoms with Crippen LogP contribution in [0.15, 0.2) is 57.8 Å². The Kier molecular flexibility index (Phi) is 5.58. The zero-order valence-corrected chi connectivity index (χ0v) is 17.2. The molecule has 31 heavy (non-hydrogen) atoms. The van der Waals surface area contributed by atoms with Gasteiger partial charge >= 0.3 is 5.82 Å². The Balaban J connectivity index is 1.38. The minimum absolute atomic E-state index is 0.0191. The van der Waals surface area contributed by atoms with E-state index in [2.05, 4.69) is 36.4 Å². The molecule has 0 bridgehead atoms. The molecule has 1 N–H and O–H groups in total. The lowest BCUT2D eigenvalue weighted by Crippen LogP contribution is -2.12. The Hall–Kier alpha value is -3.87. The molecule has 0 spiro atoms. The maximum absolute atomic E-state index is 13.0. The predicted octanol–water partition coefficient (Wildman–Crippen LogP) is 3.23.